The first-order valence-corrected chi connectivity index (χ1v) is 9.74. The number of alkyl halides is 3. The molecule has 0 N–H and O–H groups in total. The molecule has 1 saturated heterocycles. The van der Waals surface area contributed by atoms with E-state index in [1.807, 2.05) is 0 Å². The van der Waals surface area contributed by atoms with Crippen LogP contribution in [0, 0.1) is 5.92 Å². The quantitative estimate of drug-likeness (QED) is 0.717. The number of ether oxygens (including phenoxy) is 2. The van der Waals surface area contributed by atoms with Crippen LogP contribution in [0.15, 0.2) is 18.2 Å². The Labute approximate surface area is 149 Å². The Morgan fingerprint density at radius 1 is 1.27 bits per heavy atom. The van der Waals surface area contributed by atoms with E-state index in [0.717, 1.165) is 19.4 Å². The summed E-state index contributed by atoms with van der Waals surface area (Å²) in [5.41, 5.74) is -1.26. The van der Waals surface area contributed by atoms with Crippen LogP contribution in [0.4, 0.5) is 13.2 Å². The fraction of sp³-hybridized carbons (Fsp3) is 0.562. The van der Waals surface area contributed by atoms with Gasteiger partial charge in [-0.15, -0.1) is 0 Å². The number of rotatable bonds is 5. The number of hydrogen-bond donors (Lipinski definition) is 0. The van der Waals surface area contributed by atoms with E-state index in [0.29, 0.717) is 32.0 Å². The summed E-state index contributed by atoms with van der Waals surface area (Å²) < 4.78 is 73.8. The number of sulfonamides is 1. The van der Waals surface area contributed by atoms with Crippen LogP contribution in [0.5, 0.6) is 5.75 Å². The van der Waals surface area contributed by atoms with Crippen LogP contribution in [0.3, 0.4) is 0 Å². The van der Waals surface area contributed by atoms with Crippen molar-refractivity contribution in [3.8, 4) is 5.75 Å². The van der Waals surface area contributed by atoms with Gasteiger partial charge in [0.25, 0.3) is 0 Å². The summed E-state index contributed by atoms with van der Waals surface area (Å²) in [5, 5.41) is 0. The molecule has 0 spiro atoms. The van der Waals surface area contributed by atoms with Crippen molar-refractivity contribution in [2.75, 3.05) is 33.1 Å². The number of carbonyl (C=O) groups excluding carboxylic acids is 1. The van der Waals surface area contributed by atoms with E-state index in [1.54, 1.807) is 0 Å². The molecule has 26 heavy (non-hydrogen) atoms. The number of halogens is 3. The molecule has 6 nitrogen and oxygen atoms in total. The fourth-order valence-corrected chi connectivity index (χ4v) is 3.61. The largest absolute Gasteiger partial charge is 0.493 e. The topological polar surface area (TPSA) is 72.9 Å². The van der Waals surface area contributed by atoms with Gasteiger partial charge in [-0.3, -0.25) is 0 Å². The second-order valence-electron chi connectivity index (χ2n) is 6.12. The third-order valence-electron chi connectivity index (χ3n) is 4.22. The Kier molecular flexibility index (Phi) is 6.17. The molecule has 0 aromatic heterocycles. The number of carbonyl (C=O) groups is 1. The summed E-state index contributed by atoms with van der Waals surface area (Å²) in [6.45, 7) is 0.679. The fourth-order valence-electron chi connectivity index (χ4n) is 2.74. The number of piperidine rings is 1. The molecule has 0 amide bonds. The highest BCUT2D eigenvalue weighted by molar-refractivity contribution is 7.88. The molecule has 0 saturated carbocycles. The smallest absolute Gasteiger partial charge is 0.419 e. The Bertz CT molecular complexity index is 756. The van der Waals surface area contributed by atoms with Crippen LogP contribution in [0.1, 0.15) is 28.8 Å². The summed E-state index contributed by atoms with van der Waals surface area (Å²) in [6, 6.07) is 3.01. The summed E-state index contributed by atoms with van der Waals surface area (Å²) in [5.74, 6) is -1.28. The zero-order chi connectivity index (χ0) is 19.5. The Morgan fingerprint density at radius 2 is 1.88 bits per heavy atom. The molecule has 1 heterocycles. The minimum absolute atomic E-state index is 0.0399. The first kappa shape index (κ1) is 20.5. The molecule has 1 aliphatic rings. The second-order valence-corrected chi connectivity index (χ2v) is 8.10. The minimum atomic E-state index is -4.68. The Morgan fingerprint density at radius 3 is 2.38 bits per heavy atom. The van der Waals surface area contributed by atoms with Crippen molar-refractivity contribution >= 4 is 16.0 Å². The molecule has 0 aliphatic carbocycles. The summed E-state index contributed by atoms with van der Waals surface area (Å²) in [7, 11) is -2.17. The maximum atomic E-state index is 13.2. The zero-order valence-electron chi connectivity index (χ0n) is 14.4. The van der Waals surface area contributed by atoms with Gasteiger partial charge in [-0.05, 0) is 37.0 Å². The van der Waals surface area contributed by atoms with Crippen LogP contribution >= 0.6 is 0 Å². The SMILES string of the molecule is COC(=O)c1ccc(OCC2CCN(S(C)(=O)=O)CC2)c(C(F)(F)F)c1. The third kappa shape index (κ3) is 5.10. The normalized spacial score (nSPS) is 17.1. The maximum Gasteiger partial charge on any atom is 0.419 e. The van der Waals surface area contributed by atoms with Gasteiger partial charge < -0.3 is 9.47 Å². The number of methoxy groups -OCH3 is 1. The molecule has 2 rings (SSSR count). The molecule has 146 valence electrons. The first-order chi connectivity index (χ1) is 12.0. The van der Waals surface area contributed by atoms with Gasteiger partial charge in [0.05, 0.1) is 31.1 Å². The van der Waals surface area contributed by atoms with Gasteiger partial charge in [0, 0.05) is 13.1 Å². The minimum Gasteiger partial charge on any atom is -0.493 e. The number of hydrogen-bond acceptors (Lipinski definition) is 5. The third-order valence-corrected chi connectivity index (χ3v) is 5.53. The lowest BCUT2D eigenvalue weighted by atomic mass is 9.99. The van der Waals surface area contributed by atoms with E-state index in [2.05, 4.69) is 4.74 Å². The predicted molar refractivity (Wildman–Crippen MR) is 87.4 cm³/mol. The van der Waals surface area contributed by atoms with E-state index in [1.165, 1.54) is 10.4 Å². The summed E-state index contributed by atoms with van der Waals surface area (Å²) >= 11 is 0. The number of nitrogens with zero attached hydrogens (tertiary/aromatic N) is 1. The lowest BCUT2D eigenvalue weighted by molar-refractivity contribution is -0.139. The molecule has 1 aliphatic heterocycles. The Balaban J connectivity index is 2.07. The molecule has 10 heteroatoms. The predicted octanol–water partition coefficient (Wildman–Crippen LogP) is 2.54. The molecule has 0 bridgehead atoms. The second kappa shape index (κ2) is 7.83. The van der Waals surface area contributed by atoms with Crippen molar-refractivity contribution in [2.45, 2.75) is 19.0 Å². The van der Waals surface area contributed by atoms with E-state index < -0.39 is 27.7 Å². The van der Waals surface area contributed by atoms with Gasteiger partial charge in [0.2, 0.25) is 10.0 Å². The molecule has 0 unspecified atom stereocenters. The van der Waals surface area contributed by atoms with E-state index >= 15 is 0 Å². The van der Waals surface area contributed by atoms with Crippen LogP contribution in [0.2, 0.25) is 0 Å². The van der Waals surface area contributed by atoms with Gasteiger partial charge in [-0.25, -0.2) is 17.5 Å². The van der Waals surface area contributed by atoms with E-state index in [-0.39, 0.29) is 23.8 Å². The lowest BCUT2D eigenvalue weighted by Gasteiger charge is -2.30. The van der Waals surface area contributed by atoms with Crippen molar-refractivity contribution in [3.05, 3.63) is 29.3 Å². The highest BCUT2D eigenvalue weighted by atomic mass is 32.2. The van der Waals surface area contributed by atoms with Crippen LogP contribution in [-0.4, -0.2) is 51.8 Å². The van der Waals surface area contributed by atoms with Crippen molar-refractivity contribution in [2.24, 2.45) is 5.92 Å². The van der Waals surface area contributed by atoms with Crippen molar-refractivity contribution in [1.29, 1.82) is 0 Å². The molecule has 1 fully saturated rings. The molecular formula is C16H20F3NO5S. The van der Waals surface area contributed by atoms with Crippen LogP contribution < -0.4 is 4.74 Å². The average molecular weight is 395 g/mol. The summed E-state index contributed by atoms with van der Waals surface area (Å²) in [6.07, 6.45) is -2.54. The van der Waals surface area contributed by atoms with Crippen LogP contribution in [-0.2, 0) is 20.9 Å². The van der Waals surface area contributed by atoms with Gasteiger partial charge in [-0.2, -0.15) is 13.2 Å². The lowest BCUT2D eigenvalue weighted by Crippen LogP contribution is -2.39. The molecule has 1 aromatic carbocycles. The van der Waals surface area contributed by atoms with Crippen molar-refractivity contribution < 1.29 is 35.9 Å². The highest BCUT2D eigenvalue weighted by Gasteiger charge is 2.35. The Hall–Kier alpha value is -1.81. The van der Waals surface area contributed by atoms with Crippen molar-refractivity contribution in [1.82, 2.24) is 4.31 Å². The first-order valence-electron chi connectivity index (χ1n) is 7.90. The van der Waals surface area contributed by atoms with Gasteiger partial charge in [0.15, 0.2) is 0 Å². The molecule has 1 aromatic rings. The van der Waals surface area contributed by atoms with Gasteiger partial charge in [0.1, 0.15) is 5.75 Å². The number of esters is 1. The van der Waals surface area contributed by atoms with Gasteiger partial charge >= 0.3 is 12.1 Å². The molecule has 0 atom stereocenters. The average Bonchev–Trinajstić information content (AvgIpc) is 2.58. The maximum absolute atomic E-state index is 13.2. The van der Waals surface area contributed by atoms with Gasteiger partial charge in [-0.1, -0.05) is 0 Å². The standard InChI is InChI=1S/C16H20F3NO5S/c1-24-15(21)12-3-4-14(13(9-12)16(17,18)19)25-10-11-5-7-20(8-6-11)26(2,22)23/h3-4,9,11H,5-8,10H2,1-2H3. The zero-order valence-corrected chi connectivity index (χ0v) is 15.2. The van der Waals surface area contributed by atoms with E-state index in [4.69, 9.17) is 4.74 Å². The van der Waals surface area contributed by atoms with Crippen LogP contribution in [0.25, 0.3) is 0 Å². The monoisotopic (exact) mass is 395 g/mol. The molecular weight excluding hydrogens is 375 g/mol. The highest BCUT2D eigenvalue weighted by Crippen LogP contribution is 2.37. The number of benzene rings is 1. The summed E-state index contributed by atoms with van der Waals surface area (Å²) in [4.78, 5) is 11.4. The van der Waals surface area contributed by atoms with Crippen molar-refractivity contribution in [3.63, 3.8) is 0 Å². The van der Waals surface area contributed by atoms with E-state index in [9.17, 15) is 26.4 Å². The molecule has 0 radical (unpaired) electrons.